The van der Waals surface area contributed by atoms with Crippen LogP contribution in [-0.4, -0.2) is 21.6 Å². The third-order valence-electron chi connectivity index (χ3n) is 4.69. The molecule has 30 heavy (non-hydrogen) atoms. The van der Waals surface area contributed by atoms with Crippen molar-refractivity contribution in [3.05, 3.63) is 95.8 Å². The predicted molar refractivity (Wildman–Crippen MR) is 116 cm³/mol. The number of nitrogens with one attached hydrogen (secondary N) is 1. The van der Waals surface area contributed by atoms with E-state index in [0.29, 0.717) is 22.5 Å². The lowest BCUT2D eigenvalue weighted by Crippen LogP contribution is -2.20. The van der Waals surface area contributed by atoms with Crippen LogP contribution in [0.4, 0.5) is 0 Å². The average Bonchev–Trinajstić information content (AvgIpc) is 2.82. The van der Waals surface area contributed by atoms with Gasteiger partial charge in [0.2, 0.25) is 0 Å². The summed E-state index contributed by atoms with van der Waals surface area (Å²) in [4.78, 5) is 21.7. The second-order valence-electron chi connectivity index (χ2n) is 6.64. The highest BCUT2D eigenvalue weighted by atomic mass is 16.2. The number of carbonyl (C=O) groups excluding carboxylic acids is 1. The zero-order chi connectivity index (χ0) is 20.9. The Balaban J connectivity index is 1.67. The Morgan fingerprint density at radius 1 is 1.03 bits per heavy atom. The van der Waals surface area contributed by atoms with E-state index < -0.39 is 0 Å². The standard InChI is InChI=1S/C24H17N5O/c1-16(18-8-6-17(15-25)7-9-18)28-29-24(30)21-14-23(19-10-12-26-13-11-19)27-22-5-3-2-4-20(21)22/h2-14H,1H3,(H,29,30). The highest BCUT2D eigenvalue weighted by Crippen LogP contribution is 2.24. The number of hydrazone groups is 1. The summed E-state index contributed by atoms with van der Waals surface area (Å²) >= 11 is 0. The van der Waals surface area contributed by atoms with Gasteiger partial charge in [0, 0.05) is 23.3 Å². The van der Waals surface area contributed by atoms with Crippen LogP contribution in [0, 0.1) is 11.3 Å². The third-order valence-corrected chi connectivity index (χ3v) is 4.69. The first kappa shape index (κ1) is 19.0. The van der Waals surface area contributed by atoms with Gasteiger partial charge in [0.1, 0.15) is 0 Å². The van der Waals surface area contributed by atoms with Crippen LogP contribution in [0.5, 0.6) is 0 Å². The number of benzene rings is 2. The van der Waals surface area contributed by atoms with Crippen molar-refractivity contribution in [2.45, 2.75) is 6.92 Å². The highest BCUT2D eigenvalue weighted by molar-refractivity contribution is 6.08. The normalized spacial score (nSPS) is 11.1. The van der Waals surface area contributed by atoms with Gasteiger partial charge < -0.3 is 0 Å². The maximum Gasteiger partial charge on any atom is 0.272 e. The minimum absolute atomic E-state index is 0.322. The van der Waals surface area contributed by atoms with Crippen LogP contribution in [0.3, 0.4) is 0 Å². The van der Waals surface area contributed by atoms with Gasteiger partial charge in [0.05, 0.1) is 34.1 Å². The lowest BCUT2D eigenvalue weighted by molar-refractivity contribution is 0.0956. The molecule has 0 aliphatic heterocycles. The molecule has 0 spiro atoms. The summed E-state index contributed by atoms with van der Waals surface area (Å²) in [5.41, 5.74) is 7.46. The maximum absolute atomic E-state index is 13.0. The Morgan fingerprint density at radius 2 is 1.77 bits per heavy atom. The fourth-order valence-corrected chi connectivity index (χ4v) is 3.08. The zero-order valence-electron chi connectivity index (χ0n) is 16.2. The van der Waals surface area contributed by atoms with E-state index in [4.69, 9.17) is 5.26 Å². The van der Waals surface area contributed by atoms with E-state index in [1.54, 1.807) is 49.6 Å². The van der Waals surface area contributed by atoms with Gasteiger partial charge in [-0.05, 0) is 48.9 Å². The van der Waals surface area contributed by atoms with E-state index in [-0.39, 0.29) is 5.91 Å². The number of aromatic nitrogens is 2. The van der Waals surface area contributed by atoms with Gasteiger partial charge >= 0.3 is 0 Å². The first-order valence-corrected chi connectivity index (χ1v) is 9.31. The zero-order valence-corrected chi connectivity index (χ0v) is 16.2. The average molecular weight is 391 g/mol. The number of nitrogens with zero attached hydrogens (tertiary/aromatic N) is 4. The molecule has 0 saturated carbocycles. The number of hydrogen-bond acceptors (Lipinski definition) is 5. The maximum atomic E-state index is 13.0. The molecule has 2 aromatic carbocycles. The molecule has 4 aromatic rings. The summed E-state index contributed by atoms with van der Waals surface area (Å²) in [6, 6.07) is 22.1. The van der Waals surface area contributed by atoms with E-state index in [1.165, 1.54) is 0 Å². The van der Waals surface area contributed by atoms with Crippen LogP contribution in [-0.2, 0) is 0 Å². The molecule has 1 N–H and O–H groups in total. The Hall–Kier alpha value is -4.37. The highest BCUT2D eigenvalue weighted by Gasteiger charge is 2.14. The van der Waals surface area contributed by atoms with Crippen molar-refractivity contribution >= 4 is 22.5 Å². The molecule has 6 nitrogen and oxygen atoms in total. The molecule has 0 aliphatic rings. The van der Waals surface area contributed by atoms with E-state index in [9.17, 15) is 4.79 Å². The Bertz CT molecular complexity index is 1290. The van der Waals surface area contributed by atoms with Crippen molar-refractivity contribution in [2.24, 2.45) is 5.10 Å². The summed E-state index contributed by atoms with van der Waals surface area (Å²) < 4.78 is 0. The van der Waals surface area contributed by atoms with E-state index in [0.717, 1.165) is 22.0 Å². The number of hydrogen-bond donors (Lipinski definition) is 1. The minimum atomic E-state index is -0.322. The Morgan fingerprint density at radius 3 is 2.50 bits per heavy atom. The topological polar surface area (TPSA) is 91.0 Å². The second-order valence-corrected chi connectivity index (χ2v) is 6.64. The fourth-order valence-electron chi connectivity index (χ4n) is 3.08. The molecule has 6 heteroatoms. The van der Waals surface area contributed by atoms with Gasteiger partial charge in [-0.2, -0.15) is 10.4 Å². The molecule has 144 valence electrons. The molecular weight excluding hydrogens is 374 g/mol. The summed E-state index contributed by atoms with van der Waals surface area (Å²) in [6.07, 6.45) is 3.38. The van der Waals surface area contributed by atoms with Gasteiger partial charge in [0.15, 0.2) is 0 Å². The third kappa shape index (κ3) is 3.91. The summed E-state index contributed by atoms with van der Waals surface area (Å²) in [5, 5.41) is 13.9. The molecule has 0 atom stereocenters. The molecule has 0 bridgehead atoms. The quantitative estimate of drug-likeness (QED) is 0.414. The van der Waals surface area contributed by atoms with Crippen molar-refractivity contribution in [2.75, 3.05) is 0 Å². The number of pyridine rings is 2. The van der Waals surface area contributed by atoms with Crippen molar-refractivity contribution in [1.29, 1.82) is 5.26 Å². The lowest BCUT2D eigenvalue weighted by Gasteiger charge is -2.09. The number of amides is 1. The van der Waals surface area contributed by atoms with Gasteiger partial charge in [0.25, 0.3) is 5.91 Å². The largest absolute Gasteiger partial charge is 0.272 e. The van der Waals surface area contributed by atoms with Crippen molar-refractivity contribution in [3.63, 3.8) is 0 Å². The molecule has 0 aliphatic carbocycles. The molecule has 1 amide bonds. The minimum Gasteiger partial charge on any atom is -0.267 e. The summed E-state index contributed by atoms with van der Waals surface area (Å²) in [5.74, 6) is -0.322. The van der Waals surface area contributed by atoms with Crippen molar-refractivity contribution in [1.82, 2.24) is 15.4 Å². The van der Waals surface area contributed by atoms with E-state index >= 15 is 0 Å². The van der Waals surface area contributed by atoms with Crippen LogP contribution in [0.2, 0.25) is 0 Å². The molecular formula is C24H17N5O. The van der Waals surface area contributed by atoms with Crippen LogP contribution in [0.25, 0.3) is 22.2 Å². The molecule has 0 radical (unpaired) electrons. The molecule has 4 rings (SSSR count). The fraction of sp³-hybridized carbons (Fsp3) is 0.0417. The number of rotatable bonds is 4. The Labute approximate surface area is 173 Å². The smallest absolute Gasteiger partial charge is 0.267 e. The van der Waals surface area contributed by atoms with Crippen LogP contribution in [0.15, 0.2) is 84.2 Å². The number of para-hydroxylation sites is 1. The lowest BCUT2D eigenvalue weighted by atomic mass is 10.0. The van der Waals surface area contributed by atoms with Gasteiger partial charge in [-0.25, -0.2) is 10.4 Å². The Kier molecular flexibility index (Phi) is 5.27. The molecule has 2 aromatic heterocycles. The predicted octanol–water partition coefficient (Wildman–Crippen LogP) is 4.32. The first-order chi connectivity index (χ1) is 14.7. The molecule has 0 saturated heterocycles. The number of carbonyl (C=O) groups is 1. The van der Waals surface area contributed by atoms with Crippen LogP contribution < -0.4 is 5.43 Å². The van der Waals surface area contributed by atoms with Crippen molar-refractivity contribution < 1.29 is 4.79 Å². The molecule has 0 fully saturated rings. The summed E-state index contributed by atoms with van der Waals surface area (Å²) in [7, 11) is 0. The van der Waals surface area contributed by atoms with Crippen LogP contribution in [0.1, 0.15) is 28.4 Å². The second kappa shape index (κ2) is 8.33. The summed E-state index contributed by atoms with van der Waals surface area (Å²) in [6.45, 7) is 1.80. The van der Waals surface area contributed by atoms with Gasteiger partial charge in [-0.3, -0.25) is 9.78 Å². The number of fused-ring (bicyclic) bond motifs is 1. The van der Waals surface area contributed by atoms with Crippen LogP contribution >= 0.6 is 0 Å². The van der Waals surface area contributed by atoms with Gasteiger partial charge in [-0.15, -0.1) is 0 Å². The van der Waals surface area contributed by atoms with Gasteiger partial charge in [-0.1, -0.05) is 30.3 Å². The van der Waals surface area contributed by atoms with Crippen molar-refractivity contribution in [3.8, 4) is 17.3 Å². The molecule has 0 unspecified atom stereocenters. The van der Waals surface area contributed by atoms with E-state index in [2.05, 4.69) is 26.6 Å². The van der Waals surface area contributed by atoms with E-state index in [1.807, 2.05) is 36.4 Å². The molecule has 2 heterocycles. The monoisotopic (exact) mass is 391 g/mol. The SMILES string of the molecule is CC(=NNC(=O)c1cc(-c2ccncc2)nc2ccccc12)c1ccc(C#N)cc1. The first-order valence-electron chi connectivity index (χ1n) is 9.31. The number of nitriles is 1.